The number of phenolic OH excluding ortho intramolecular Hbond substituents is 1. The maximum Gasteiger partial charge on any atom is 0.311 e. The van der Waals surface area contributed by atoms with Crippen LogP contribution >= 0.6 is 0 Å². The number of carbonyl (C=O) groups is 1. The smallest absolute Gasteiger partial charge is 0.311 e. The molecule has 1 atom stereocenters. The molecule has 158 valence electrons. The van der Waals surface area contributed by atoms with E-state index in [1.807, 2.05) is 39.0 Å². The number of hydrogen-bond donors (Lipinski definition) is 2. The Balaban J connectivity index is 1.66. The van der Waals surface area contributed by atoms with Crippen LogP contribution in [0.4, 0.5) is 0 Å². The van der Waals surface area contributed by atoms with Gasteiger partial charge in [-0.05, 0) is 82.7 Å². The zero-order chi connectivity index (χ0) is 21.4. The van der Waals surface area contributed by atoms with Crippen molar-refractivity contribution in [1.82, 2.24) is 4.90 Å². The molecule has 1 aliphatic carbocycles. The fourth-order valence-corrected chi connectivity index (χ4v) is 4.06. The Kier molecular flexibility index (Phi) is 5.81. The van der Waals surface area contributed by atoms with Gasteiger partial charge in [-0.25, -0.2) is 0 Å². The van der Waals surface area contributed by atoms with Crippen LogP contribution in [0.15, 0.2) is 41.5 Å². The number of ether oxygens (including phenoxy) is 1. The Hall–Kier alpha value is -2.27. The number of carboxylic acid groups (broad SMARTS) is 1. The monoisotopic (exact) mass is 399 g/mol. The maximum absolute atomic E-state index is 11.6. The lowest BCUT2D eigenvalue weighted by molar-refractivity contribution is -0.140. The van der Waals surface area contributed by atoms with Crippen molar-refractivity contribution in [2.24, 2.45) is 5.92 Å². The molecule has 2 N–H and O–H groups in total. The highest BCUT2D eigenvalue weighted by Gasteiger charge is 2.37. The van der Waals surface area contributed by atoms with Crippen LogP contribution in [0.3, 0.4) is 0 Å². The normalized spacial score (nSPS) is 20.1. The first-order valence-corrected chi connectivity index (χ1v) is 10.3. The minimum absolute atomic E-state index is 0.0723. The van der Waals surface area contributed by atoms with Gasteiger partial charge in [0.1, 0.15) is 5.60 Å². The quantitative estimate of drug-likeness (QED) is 0.734. The molecular formula is C24H33NO4. The lowest BCUT2D eigenvalue weighted by atomic mass is 9.88. The summed E-state index contributed by atoms with van der Waals surface area (Å²) in [4.78, 5) is 14.0. The summed E-state index contributed by atoms with van der Waals surface area (Å²) in [6, 6.07) is 5.56. The van der Waals surface area contributed by atoms with E-state index in [9.17, 15) is 15.0 Å². The highest BCUT2D eigenvalue weighted by Crippen LogP contribution is 2.37. The average Bonchev–Trinajstić information content (AvgIpc) is 3.06. The van der Waals surface area contributed by atoms with E-state index in [0.29, 0.717) is 12.2 Å². The van der Waals surface area contributed by atoms with E-state index in [1.165, 1.54) is 5.57 Å². The molecule has 1 unspecified atom stereocenters. The lowest BCUT2D eigenvalue weighted by Gasteiger charge is -2.36. The van der Waals surface area contributed by atoms with Gasteiger partial charge < -0.3 is 14.9 Å². The molecule has 1 aromatic rings. The van der Waals surface area contributed by atoms with Crippen molar-refractivity contribution in [1.29, 1.82) is 0 Å². The van der Waals surface area contributed by atoms with Crippen LogP contribution in [0.5, 0.6) is 11.5 Å². The van der Waals surface area contributed by atoms with E-state index < -0.39 is 5.97 Å². The SMILES string of the molecule is CC(C)(C)Oc1cc(CCC(C)(C)N2CC3=C(C2)C(C(=O)O)CC=C3)ccc1O. The van der Waals surface area contributed by atoms with Crippen molar-refractivity contribution >= 4 is 5.97 Å². The number of phenols is 1. The molecule has 0 saturated heterocycles. The fourth-order valence-electron chi connectivity index (χ4n) is 4.06. The first-order valence-electron chi connectivity index (χ1n) is 10.3. The van der Waals surface area contributed by atoms with Crippen LogP contribution in [-0.2, 0) is 11.2 Å². The van der Waals surface area contributed by atoms with Gasteiger partial charge in [-0.1, -0.05) is 18.2 Å². The number of hydrogen-bond acceptors (Lipinski definition) is 4. The fraction of sp³-hybridized carbons (Fsp3) is 0.542. The Labute approximate surface area is 173 Å². The molecule has 0 aromatic heterocycles. The maximum atomic E-state index is 11.6. The predicted octanol–water partition coefficient (Wildman–Crippen LogP) is 4.55. The van der Waals surface area contributed by atoms with Crippen molar-refractivity contribution in [3.05, 3.63) is 47.1 Å². The van der Waals surface area contributed by atoms with Crippen LogP contribution in [0.2, 0.25) is 0 Å². The number of aromatic hydroxyl groups is 1. The van der Waals surface area contributed by atoms with Crippen molar-refractivity contribution in [2.75, 3.05) is 13.1 Å². The third kappa shape index (κ3) is 5.02. The molecule has 5 nitrogen and oxygen atoms in total. The number of allylic oxidation sites excluding steroid dienone is 1. The van der Waals surface area contributed by atoms with Crippen molar-refractivity contribution in [3.63, 3.8) is 0 Å². The van der Waals surface area contributed by atoms with Gasteiger partial charge in [0, 0.05) is 18.6 Å². The zero-order valence-electron chi connectivity index (χ0n) is 18.2. The molecule has 0 bridgehead atoms. The molecule has 0 amide bonds. The summed E-state index contributed by atoms with van der Waals surface area (Å²) in [6.07, 6.45) is 6.46. The number of benzene rings is 1. The molecule has 1 aromatic carbocycles. The molecule has 29 heavy (non-hydrogen) atoms. The van der Waals surface area contributed by atoms with Crippen LogP contribution in [0.25, 0.3) is 0 Å². The second kappa shape index (κ2) is 7.86. The average molecular weight is 400 g/mol. The largest absolute Gasteiger partial charge is 0.504 e. The standard InChI is InChI=1S/C24H33NO4/c1-23(2,3)29-21-13-16(9-10-20(21)26)11-12-24(4,5)25-14-17-7-6-8-18(22(27)28)19(17)15-25/h6-7,9-10,13,18,26H,8,11-12,14-15H2,1-5H3,(H,27,28). The third-order valence-corrected chi connectivity index (χ3v) is 5.87. The first-order chi connectivity index (χ1) is 13.5. The molecule has 0 spiro atoms. The summed E-state index contributed by atoms with van der Waals surface area (Å²) in [5.74, 6) is -0.437. The van der Waals surface area contributed by atoms with Crippen LogP contribution in [-0.4, -0.2) is 45.3 Å². The summed E-state index contributed by atoms with van der Waals surface area (Å²) in [6.45, 7) is 11.8. The van der Waals surface area contributed by atoms with Crippen LogP contribution < -0.4 is 4.74 Å². The van der Waals surface area contributed by atoms with Gasteiger partial charge in [0.2, 0.25) is 0 Å². The van der Waals surface area contributed by atoms with E-state index in [1.54, 1.807) is 6.07 Å². The Morgan fingerprint density at radius 2 is 1.93 bits per heavy atom. The number of rotatable bonds is 6. The second-order valence-corrected chi connectivity index (χ2v) is 9.76. The van der Waals surface area contributed by atoms with E-state index >= 15 is 0 Å². The van der Waals surface area contributed by atoms with E-state index in [4.69, 9.17) is 4.74 Å². The van der Waals surface area contributed by atoms with Gasteiger partial charge in [-0.15, -0.1) is 0 Å². The molecule has 3 rings (SSSR count). The van der Waals surface area contributed by atoms with Crippen molar-refractivity contribution in [2.45, 2.75) is 65.0 Å². The number of nitrogens with zero attached hydrogens (tertiary/aromatic N) is 1. The summed E-state index contributed by atoms with van der Waals surface area (Å²) < 4.78 is 5.87. The third-order valence-electron chi connectivity index (χ3n) is 5.87. The zero-order valence-corrected chi connectivity index (χ0v) is 18.2. The highest BCUT2D eigenvalue weighted by atomic mass is 16.5. The van der Waals surface area contributed by atoms with Gasteiger partial charge in [0.15, 0.2) is 11.5 Å². The van der Waals surface area contributed by atoms with E-state index in [0.717, 1.165) is 37.1 Å². The number of aryl methyl sites for hydroxylation is 1. The van der Waals surface area contributed by atoms with Gasteiger partial charge in [0.25, 0.3) is 0 Å². The molecular weight excluding hydrogens is 366 g/mol. The first kappa shape index (κ1) is 21.4. The van der Waals surface area contributed by atoms with Gasteiger partial charge in [-0.2, -0.15) is 0 Å². The molecule has 5 heteroatoms. The van der Waals surface area contributed by atoms with Gasteiger partial charge in [-0.3, -0.25) is 9.69 Å². The highest BCUT2D eigenvalue weighted by molar-refractivity contribution is 5.75. The Morgan fingerprint density at radius 3 is 2.59 bits per heavy atom. The van der Waals surface area contributed by atoms with Gasteiger partial charge in [0.05, 0.1) is 5.92 Å². The summed E-state index contributed by atoms with van der Waals surface area (Å²) >= 11 is 0. The van der Waals surface area contributed by atoms with E-state index in [2.05, 4.69) is 24.8 Å². The summed E-state index contributed by atoms with van der Waals surface area (Å²) in [5, 5.41) is 19.6. The lowest BCUT2D eigenvalue weighted by Crippen LogP contribution is -2.43. The topological polar surface area (TPSA) is 70.0 Å². The number of aliphatic carboxylic acids is 1. The molecule has 2 aliphatic rings. The number of carboxylic acids is 1. The van der Waals surface area contributed by atoms with E-state index in [-0.39, 0.29) is 22.8 Å². The molecule has 1 aliphatic heterocycles. The molecule has 0 saturated carbocycles. The minimum Gasteiger partial charge on any atom is -0.504 e. The molecule has 0 fully saturated rings. The molecule has 1 heterocycles. The minimum atomic E-state index is -0.725. The Morgan fingerprint density at radius 1 is 1.21 bits per heavy atom. The summed E-state index contributed by atoms with van der Waals surface area (Å²) in [5.41, 5.74) is 2.91. The predicted molar refractivity (Wildman–Crippen MR) is 114 cm³/mol. The summed E-state index contributed by atoms with van der Waals surface area (Å²) in [7, 11) is 0. The second-order valence-electron chi connectivity index (χ2n) is 9.76. The van der Waals surface area contributed by atoms with Gasteiger partial charge >= 0.3 is 5.97 Å². The van der Waals surface area contributed by atoms with Crippen LogP contribution in [0.1, 0.15) is 53.0 Å². The van der Waals surface area contributed by atoms with Crippen LogP contribution in [0, 0.1) is 5.92 Å². The van der Waals surface area contributed by atoms with Crippen molar-refractivity contribution in [3.8, 4) is 11.5 Å². The van der Waals surface area contributed by atoms with Crippen molar-refractivity contribution < 1.29 is 19.7 Å². The molecule has 0 radical (unpaired) electrons. The Bertz CT molecular complexity index is 845.